The summed E-state index contributed by atoms with van der Waals surface area (Å²) in [4.78, 5) is 24.9. The summed E-state index contributed by atoms with van der Waals surface area (Å²) >= 11 is -0.0754. The van der Waals surface area contributed by atoms with Crippen molar-refractivity contribution in [3.05, 3.63) is 111 Å². The van der Waals surface area contributed by atoms with E-state index in [1.807, 2.05) is 0 Å². The molecule has 0 atom stereocenters. The number of benzene rings is 7. The highest BCUT2D eigenvalue weighted by molar-refractivity contribution is 7.94. The van der Waals surface area contributed by atoms with Crippen molar-refractivity contribution in [1.29, 1.82) is 0 Å². The number of non-ortho nitro benzene ring substituents is 1. The van der Waals surface area contributed by atoms with Crippen LogP contribution in [0.3, 0.4) is 0 Å². The molecule has 0 amide bonds. The van der Waals surface area contributed by atoms with Crippen LogP contribution in [0.4, 0.5) is 62.6 Å². The average molecular weight is 1420 g/mol. The SMILES string of the molecule is Nc1c(N=Nc2ccc3c(O)c(N=Nc4cc([N+](=O)[O-])c(N=Nc5c(C(=O)O)nn(-c6ccc(S(=O)(=O)O)cc6)c5O)c(S(=O)(=O)O)c4)c(S(=O)(=O)O)cc3c2S(=O)(=O)O)cc(S(=O)(=O)O)c2cc(SOOO)c(N=Nc3ccc([N+](=O)[O-])cc3S(=O)(=O)O)c(O)c12. The first-order valence-corrected chi connectivity index (χ1v) is 32.3. The summed E-state index contributed by atoms with van der Waals surface area (Å²) in [6.45, 7) is 0. The number of carboxylic acid groups (broad SMARTS) is 1. The molecule has 0 unspecified atom stereocenters. The summed E-state index contributed by atoms with van der Waals surface area (Å²) in [7, 11) is -33.1. The quantitative estimate of drug-likeness (QED) is 0.00617. The molecule has 8 aromatic rings. The first-order chi connectivity index (χ1) is 42.5. The molecule has 43 nitrogen and oxygen atoms in total. The maximum absolute atomic E-state index is 13.2. The number of nitrogen functional groups attached to an aromatic ring is 1. The minimum absolute atomic E-state index is 0.0754. The van der Waals surface area contributed by atoms with Crippen molar-refractivity contribution in [2.24, 2.45) is 40.9 Å². The molecule has 1 heterocycles. The Kier molecular flexibility index (Phi) is 18.1. The molecule has 482 valence electrons. The van der Waals surface area contributed by atoms with Crippen molar-refractivity contribution in [3.63, 3.8) is 0 Å². The molecule has 0 saturated heterocycles. The van der Waals surface area contributed by atoms with Crippen LogP contribution in [0.1, 0.15) is 10.5 Å². The van der Waals surface area contributed by atoms with E-state index in [2.05, 4.69) is 55.4 Å². The van der Waals surface area contributed by atoms with E-state index in [-0.39, 0.29) is 29.9 Å². The lowest BCUT2D eigenvalue weighted by Crippen LogP contribution is -2.03. The molecule has 50 heteroatoms. The number of azo groups is 4. The van der Waals surface area contributed by atoms with Gasteiger partial charge in [-0.2, -0.15) is 65.4 Å². The van der Waals surface area contributed by atoms with Crippen molar-refractivity contribution in [2.45, 2.75) is 34.3 Å². The summed E-state index contributed by atoms with van der Waals surface area (Å²) in [6.07, 6.45) is 0. The molecule has 8 rings (SSSR count). The zero-order chi connectivity index (χ0) is 68.3. The summed E-state index contributed by atoms with van der Waals surface area (Å²) in [5.41, 5.74) is -7.33. The lowest BCUT2D eigenvalue weighted by Gasteiger charge is -2.15. The Balaban J connectivity index is 1.25. The van der Waals surface area contributed by atoms with E-state index in [9.17, 15) is 123 Å². The van der Waals surface area contributed by atoms with Crippen LogP contribution in [0.15, 0.2) is 160 Å². The van der Waals surface area contributed by atoms with Gasteiger partial charge in [-0.05, 0) is 66.7 Å². The van der Waals surface area contributed by atoms with E-state index in [1.165, 1.54) is 0 Å². The predicted octanol–water partition coefficient (Wildman–Crippen LogP) is 7.96. The zero-order valence-electron chi connectivity index (χ0n) is 43.6. The second-order valence-corrected chi connectivity index (χ2v) is 26.6. The molecule has 0 spiro atoms. The minimum atomic E-state index is -5.85. The smallest absolute Gasteiger partial charge is 0.358 e. The molecule has 0 radical (unpaired) electrons. The first kappa shape index (κ1) is 67.8. The number of nitrogens with zero attached hydrogens (tertiary/aromatic N) is 12. The van der Waals surface area contributed by atoms with Gasteiger partial charge in [-0.3, -0.25) is 47.5 Å². The van der Waals surface area contributed by atoms with Crippen molar-refractivity contribution in [3.8, 4) is 23.1 Å². The molecular formula is C42H27N13O30S7. The Morgan fingerprint density at radius 2 is 1.10 bits per heavy atom. The van der Waals surface area contributed by atoms with Crippen LogP contribution in [0.5, 0.6) is 17.4 Å². The number of phenols is 2. The molecule has 0 fully saturated rings. The molecule has 0 bridgehead atoms. The van der Waals surface area contributed by atoms with Crippen LogP contribution in [-0.4, -0.2) is 129 Å². The molecular weight excluding hydrogens is 1390 g/mol. The molecule has 13 N–H and O–H groups in total. The summed E-state index contributed by atoms with van der Waals surface area (Å²) < 4.78 is 216. The van der Waals surface area contributed by atoms with Gasteiger partial charge in [-0.15, -0.1) is 40.1 Å². The standard InChI is InChI=1S/C42H27N13O30S7/c43-32-24(14-27(88(69,70)71)21-12-26(86-85-84-65)34(39(57)31(21)32)49-45-22-7-3-17(54(61)62)11-28(22)89(72,73)74)47-46-23-8-6-19-20(40(23)92(81,82)83)13-30(91(78,79)80)35(38(19)56)50-44-15-9-25(55(63)64)33(29(10-15)90(75,76)77)48-51-36-37(42(59)60)52-53(41(36)58)16-1-4-18(5-2-16)87(66,67)68/h1-14,56-58,65H,43H2,(H,59,60)(H,66,67,68)(H,69,70,71)(H,72,73,74)(H,75,76,77)(H,78,79,80)(H,81,82,83). The number of nitro benzene ring substituents is 2. The highest BCUT2D eigenvalue weighted by Gasteiger charge is 2.33. The molecule has 1 aromatic heterocycles. The number of fused-ring (bicyclic) bond motifs is 2. The van der Waals surface area contributed by atoms with Crippen LogP contribution < -0.4 is 5.73 Å². The normalized spacial score (nSPS) is 13.0. The van der Waals surface area contributed by atoms with E-state index in [0.29, 0.717) is 53.2 Å². The predicted molar refractivity (Wildman–Crippen MR) is 300 cm³/mol. The number of nitro groups is 2. The van der Waals surface area contributed by atoms with Gasteiger partial charge >= 0.3 is 5.97 Å². The Morgan fingerprint density at radius 1 is 0.543 bits per heavy atom. The van der Waals surface area contributed by atoms with Gasteiger partial charge in [0, 0.05) is 34.4 Å². The first-order valence-electron chi connectivity index (χ1n) is 22.9. The Morgan fingerprint density at radius 3 is 1.65 bits per heavy atom. The second-order valence-electron chi connectivity index (χ2n) is 17.5. The van der Waals surface area contributed by atoms with Gasteiger partial charge in [0.25, 0.3) is 72.1 Å². The van der Waals surface area contributed by atoms with E-state index in [1.54, 1.807) is 0 Å². The van der Waals surface area contributed by atoms with Crippen LogP contribution in [0, 0.1) is 20.2 Å². The number of aromatic nitrogens is 2. The minimum Gasteiger partial charge on any atom is -0.505 e. The third-order valence-corrected chi connectivity index (χ3v) is 17.8. The fourth-order valence-electron chi connectivity index (χ4n) is 8.02. The zero-order valence-corrected chi connectivity index (χ0v) is 49.3. The topological polar surface area (TPSA) is 692 Å². The monoisotopic (exact) mass is 1420 g/mol. The third kappa shape index (κ3) is 13.8. The Bertz CT molecular complexity index is 5420. The highest BCUT2D eigenvalue weighted by Crippen LogP contribution is 2.52. The van der Waals surface area contributed by atoms with Crippen LogP contribution in [-0.2, 0) is 70.1 Å². The summed E-state index contributed by atoms with van der Waals surface area (Å²) in [5.74, 6) is -5.99. The van der Waals surface area contributed by atoms with E-state index < -0.39 is 218 Å². The van der Waals surface area contributed by atoms with Gasteiger partial charge < -0.3 is 26.2 Å². The number of aromatic carboxylic acids is 1. The van der Waals surface area contributed by atoms with Crippen LogP contribution in [0.25, 0.3) is 27.2 Å². The van der Waals surface area contributed by atoms with E-state index >= 15 is 0 Å². The summed E-state index contributed by atoms with van der Waals surface area (Å²) in [5, 5.41) is 108. The maximum atomic E-state index is 13.2. The van der Waals surface area contributed by atoms with Gasteiger partial charge in [0.1, 0.15) is 52.9 Å². The molecule has 92 heavy (non-hydrogen) atoms. The average Bonchev–Trinajstić information content (AvgIpc) is 0.928. The number of anilines is 1. The van der Waals surface area contributed by atoms with Crippen molar-refractivity contribution >= 4 is 163 Å². The maximum Gasteiger partial charge on any atom is 0.358 e. The van der Waals surface area contributed by atoms with Crippen molar-refractivity contribution in [2.75, 3.05) is 5.73 Å². The number of phenolic OH excluding ortho intramolecular Hbond substituents is 2. The lowest BCUT2D eigenvalue weighted by atomic mass is 10.0. The summed E-state index contributed by atoms with van der Waals surface area (Å²) in [6, 6.07) is 8.28. The lowest BCUT2D eigenvalue weighted by molar-refractivity contribution is -0.432. The van der Waals surface area contributed by atoms with Gasteiger partial charge in [0.2, 0.25) is 11.6 Å². The Labute approximate surface area is 512 Å². The van der Waals surface area contributed by atoms with Gasteiger partial charge in [-0.1, -0.05) is 5.04 Å². The van der Waals surface area contributed by atoms with Gasteiger partial charge in [0.05, 0.1) is 54.1 Å². The molecule has 7 aromatic carbocycles. The largest absolute Gasteiger partial charge is 0.505 e. The number of carbonyl (C=O) groups is 1. The van der Waals surface area contributed by atoms with Crippen molar-refractivity contribution < 1.29 is 128 Å². The van der Waals surface area contributed by atoms with Crippen LogP contribution >= 0.6 is 12.0 Å². The number of carboxylic acids is 1. The highest BCUT2D eigenvalue weighted by atomic mass is 32.2. The van der Waals surface area contributed by atoms with Crippen molar-refractivity contribution in [1.82, 2.24) is 9.78 Å². The molecule has 0 aliphatic carbocycles. The third-order valence-electron chi connectivity index (χ3n) is 11.9. The van der Waals surface area contributed by atoms with Crippen LogP contribution in [0.2, 0.25) is 0 Å². The number of hydrogen-bond donors (Lipinski definition) is 12. The Hall–Kier alpha value is -10.2. The fraction of sp³-hybridized carbons (Fsp3) is 0. The molecule has 0 aliphatic rings. The molecule has 0 saturated carbocycles. The van der Waals surface area contributed by atoms with E-state index in [4.69, 9.17) is 11.0 Å². The fourth-order valence-corrected chi connectivity index (χ4v) is 12.5. The molecule has 0 aliphatic heterocycles. The van der Waals surface area contributed by atoms with E-state index in [0.717, 1.165) is 24.3 Å². The number of hydrogen-bond acceptors (Lipinski definition) is 34. The number of aromatic hydroxyl groups is 3. The van der Waals surface area contributed by atoms with Gasteiger partial charge in [-0.25, -0.2) is 10.1 Å². The second kappa shape index (κ2) is 24.6. The number of nitrogens with two attached hydrogens (primary N) is 1. The number of rotatable bonds is 21. The van der Waals surface area contributed by atoms with Gasteiger partial charge in [0.15, 0.2) is 22.9 Å².